The highest BCUT2D eigenvalue weighted by atomic mass is 16.5. The van der Waals surface area contributed by atoms with Crippen LogP contribution in [0.25, 0.3) is 0 Å². The minimum absolute atomic E-state index is 0.0278. The van der Waals surface area contributed by atoms with E-state index in [-0.39, 0.29) is 5.91 Å². The molecule has 0 radical (unpaired) electrons. The van der Waals surface area contributed by atoms with Crippen LogP contribution in [0, 0.1) is 0 Å². The van der Waals surface area contributed by atoms with Gasteiger partial charge < -0.3 is 20.1 Å². The van der Waals surface area contributed by atoms with Crippen LogP contribution in [-0.2, 0) is 14.3 Å². The molecule has 1 atom stereocenters. The summed E-state index contributed by atoms with van der Waals surface area (Å²) < 4.78 is 10.3. The van der Waals surface area contributed by atoms with E-state index in [0.717, 1.165) is 0 Å². The molecule has 0 saturated carbocycles. The van der Waals surface area contributed by atoms with Crippen LogP contribution in [0.3, 0.4) is 0 Å². The smallest absolute Gasteiger partial charge is 0.254 e. The Bertz CT molecular complexity index is 205. The van der Waals surface area contributed by atoms with E-state index >= 15 is 0 Å². The van der Waals surface area contributed by atoms with Gasteiger partial charge in [-0.2, -0.15) is 0 Å². The summed E-state index contributed by atoms with van der Waals surface area (Å²) in [6.45, 7) is 5.75. The largest absolute Gasteiger partial charge is 0.383 e. The topological polar surface area (TPSA) is 64.8 Å². The van der Waals surface area contributed by atoms with Crippen molar-refractivity contribution in [2.45, 2.75) is 25.9 Å². The SMILES string of the molecule is CCC(C)(OC)C(=O)N(CCN)CCOC. The number of carbonyl (C=O) groups is 1. The quantitative estimate of drug-likeness (QED) is 0.651. The second-order valence-electron chi connectivity index (χ2n) is 3.86. The normalized spacial score (nSPS) is 14.6. The molecule has 96 valence electrons. The predicted octanol–water partition coefficient (Wildman–Crippen LogP) is 0.235. The monoisotopic (exact) mass is 232 g/mol. The zero-order valence-corrected chi connectivity index (χ0v) is 10.8. The molecule has 0 fully saturated rings. The Morgan fingerprint density at radius 2 is 2.00 bits per heavy atom. The Hall–Kier alpha value is -0.650. The molecule has 0 aliphatic rings. The molecule has 2 N–H and O–H groups in total. The number of methoxy groups -OCH3 is 2. The lowest BCUT2D eigenvalue weighted by atomic mass is 10.0. The van der Waals surface area contributed by atoms with Crippen LogP contribution in [0.15, 0.2) is 0 Å². The van der Waals surface area contributed by atoms with E-state index in [4.69, 9.17) is 15.2 Å². The number of ether oxygens (including phenoxy) is 2. The maximum Gasteiger partial charge on any atom is 0.254 e. The van der Waals surface area contributed by atoms with Gasteiger partial charge in [0.05, 0.1) is 6.61 Å². The van der Waals surface area contributed by atoms with Crippen LogP contribution in [0.5, 0.6) is 0 Å². The second-order valence-corrected chi connectivity index (χ2v) is 3.86. The molecule has 0 aromatic rings. The number of amides is 1. The van der Waals surface area contributed by atoms with E-state index in [0.29, 0.717) is 32.7 Å². The van der Waals surface area contributed by atoms with Crippen molar-refractivity contribution in [1.82, 2.24) is 4.90 Å². The first kappa shape index (κ1) is 15.3. The Balaban J connectivity index is 4.57. The van der Waals surface area contributed by atoms with Crippen molar-refractivity contribution >= 4 is 5.91 Å². The van der Waals surface area contributed by atoms with Crippen LogP contribution in [0.4, 0.5) is 0 Å². The molecular formula is C11H24N2O3. The summed E-state index contributed by atoms with van der Waals surface area (Å²) in [5.74, 6) is -0.0278. The minimum Gasteiger partial charge on any atom is -0.383 e. The lowest BCUT2D eigenvalue weighted by Crippen LogP contribution is -2.50. The van der Waals surface area contributed by atoms with Gasteiger partial charge in [-0.25, -0.2) is 0 Å². The first-order valence-electron chi connectivity index (χ1n) is 5.59. The average Bonchev–Trinajstić information content (AvgIpc) is 2.32. The lowest BCUT2D eigenvalue weighted by Gasteiger charge is -2.32. The van der Waals surface area contributed by atoms with Crippen LogP contribution < -0.4 is 5.73 Å². The van der Waals surface area contributed by atoms with Crippen molar-refractivity contribution < 1.29 is 14.3 Å². The van der Waals surface area contributed by atoms with E-state index in [2.05, 4.69) is 0 Å². The van der Waals surface area contributed by atoms with Gasteiger partial charge in [-0.15, -0.1) is 0 Å². The van der Waals surface area contributed by atoms with Gasteiger partial charge in [0.2, 0.25) is 0 Å². The van der Waals surface area contributed by atoms with E-state index in [9.17, 15) is 4.79 Å². The summed E-state index contributed by atoms with van der Waals surface area (Å²) in [7, 11) is 3.17. The number of hydrogen-bond donors (Lipinski definition) is 1. The summed E-state index contributed by atoms with van der Waals surface area (Å²) in [6.07, 6.45) is 0.635. The standard InChI is InChI=1S/C11H24N2O3/c1-5-11(2,16-4)10(14)13(7-6-12)8-9-15-3/h5-9,12H2,1-4H3. The first-order chi connectivity index (χ1) is 7.55. The molecule has 0 aromatic carbocycles. The molecule has 0 rings (SSSR count). The number of hydrogen-bond acceptors (Lipinski definition) is 4. The van der Waals surface area contributed by atoms with Gasteiger partial charge in [0.15, 0.2) is 0 Å². The third-order valence-corrected chi connectivity index (χ3v) is 2.83. The van der Waals surface area contributed by atoms with E-state index in [1.165, 1.54) is 0 Å². The first-order valence-corrected chi connectivity index (χ1v) is 5.59. The molecule has 0 aliphatic heterocycles. The molecule has 0 spiro atoms. The second kappa shape index (κ2) is 7.60. The molecule has 0 heterocycles. The van der Waals surface area contributed by atoms with Crippen molar-refractivity contribution in [2.24, 2.45) is 5.73 Å². The zero-order chi connectivity index (χ0) is 12.6. The average molecular weight is 232 g/mol. The zero-order valence-electron chi connectivity index (χ0n) is 10.8. The predicted molar refractivity (Wildman–Crippen MR) is 63.2 cm³/mol. The van der Waals surface area contributed by atoms with Gasteiger partial charge in [-0.1, -0.05) is 6.92 Å². The summed E-state index contributed by atoms with van der Waals surface area (Å²) in [5, 5.41) is 0. The number of carbonyl (C=O) groups excluding carboxylic acids is 1. The maximum atomic E-state index is 12.2. The van der Waals surface area contributed by atoms with Gasteiger partial charge in [0.1, 0.15) is 5.60 Å². The van der Waals surface area contributed by atoms with Crippen LogP contribution in [0.2, 0.25) is 0 Å². The summed E-state index contributed by atoms with van der Waals surface area (Å²) in [5.41, 5.74) is 4.73. The molecule has 5 heteroatoms. The van der Waals surface area contributed by atoms with Gasteiger partial charge in [-0.05, 0) is 13.3 Å². The lowest BCUT2D eigenvalue weighted by molar-refractivity contribution is -0.153. The number of nitrogens with zero attached hydrogens (tertiary/aromatic N) is 1. The fraction of sp³-hybridized carbons (Fsp3) is 0.909. The molecule has 0 saturated heterocycles. The van der Waals surface area contributed by atoms with E-state index in [1.54, 1.807) is 26.0 Å². The minimum atomic E-state index is -0.761. The Morgan fingerprint density at radius 3 is 2.38 bits per heavy atom. The molecule has 1 unspecified atom stereocenters. The summed E-state index contributed by atoms with van der Waals surface area (Å²) in [4.78, 5) is 13.9. The summed E-state index contributed by atoms with van der Waals surface area (Å²) >= 11 is 0. The van der Waals surface area contributed by atoms with E-state index < -0.39 is 5.60 Å². The maximum absolute atomic E-state index is 12.2. The summed E-state index contributed by atoms with van der Waals surface area (Å²) in [6, 6.07) is 0. The Kier molecular flexibility index (Phi) is 7.29. The van der Waals surface area contributed by atoms with Gasteiger partial charge in [0, 0.05) is 33.9 Å². The van der Waals surface area contributed by atoms with Crippen molar-refractivity contribution in [3.8, 4) is 0 Å². The molecule has 5 nitrogen and oxygen atoms in total. The fourth-order valence-electron chi connectivity index (χ4n) is 1.39. The number of rotatable bonds is 8. The van der Waals surface area contributed by atoms with Crippen molar-refractivity contribution in [1.29, 1.82) is 0 Å². The fourth-order valence-corrected chi connectivity index (χ4v) is 1.39. The third kappa shape index (κ3) is 4.08. The van der Waals surface area contributed by atoms with Gasteiger partial charge in [0.25, 0.3) is 5.91 Å². The highest BCUT2D eigenvalue weighted by molar-refractivity contribution is 5.84. The van der Waals surface area contributed by atoms with E-state index in [1.807, 2.05) is 6.92 Å². The Morgan fingerprint density at radius 1 is 1.38 bits per heavy atom. The third-order valence-electron chi connectivity index (χ3n) is 2.83. The molecule has 0 aliphatic carbocycles. The van der Waals surface area contributed by atoms with Gasteiger partial charge >= 0.3 is 0 Å². The van der Waals surface area contributed by atoms with Crippen LogP contribution in [0.1, 0.15) is 20.3 Å². The Labute approximate surface area is 97.9 Å². The molecule has 0 aromatic heterocycles. The number of nitrogens with two attached hydrogens (primary N) is 1. The highest BCUT2D eigenvalue weighted by Crippen LogP contribution is 2.17. The molecule has 16 heavy (non-hydrogen) atoms. The molecule has 1 amide bonds. The van der Waals surface area contributed by atoms with Crippen LogP contribution in [-0.4, -0.2) is 56.9 Å². The van der Waals surface area contributed by atoms with Crippen molar-refractivity contribution in [3.05, 3.63) is 0 Å². The molecule has 0 bridgehead atoms. The van der Waals surface area contributed by atoms with Gasteiger partial charge in [-0.3, -0.25) is 4.79 Å². The highest BCUT2D eigenvalue weighted by Gasteiger charge is 2.34. The molecular weight excluding hydrogens is 208 g/mol. The van der Waals surface area contributed by atoms with Crippen LogP contribution >= 0.6 is 0 Å². The van der Waals surface area contributed by atoms with Crippen molar-refractivity contribution in [3.63, 3.8) is 0 Å². The van der Waals surface area contributed by atoms with Crippen molar-refractivity contribution in [2.75, 3.05) is 40.5 Å².